The van der Waals surface area contributed by atoms with E-state index in [1.807, 2.05) is 34.6 Å². The topological polar surface area (TPSA) is 64.0 Å². The molecule has 1 aromatic carbocycles. The molecule has 120 valence electrons. The van der Waals surface area contributed by atoms with Gasteiger partial charge in [0, 0.05) is 25.4 Å². The molecule has 0 saturated carbocycles. The van der Waals surface area contributed by atoms with Crippen LogP contribution < -0.4 is 4.72 Å². The van der Waals surface area contributed by atoms with E-state index in [9.17, 15) is 8.42 Å². The third-order valence-corrected chi connectivity index (χ3v) is 6.10. The fraction of sp³-hybridized carbons (Fsp3) is 0.438. The SMILES string of the molecule is Cc1c(C)c(C)c(S(=O)(=O)NCc2cnn(C)c2)c(C)c1C. The van der Waals surface area contributed by atoms with E-state index in [4.69, 9.17) is 0 Å². The first-order valence-electron chi connectivity index (χ1n) is 7.19. The molecule has 6 heteroatoms. The molecule has 1 aromatic heterocycles. The molecule has 0 atom stereocenters. The molecule has 0 amide bonds. The lowest BCUT2D eigenvalue weighted by atomic mass is 9.95. The van der Waals surface area contributed by atoms with Crippen LogP contribution >= 0.6 is 0 Å². The van der Waals surface area contributed by atoms with Crippen molar-refractivity contribution in [3.05, 3.63) is 45.8 Å². The Morgan fingerprint density at radius 2 is 1.50 bits per heavy atom. The fourth-order valence-electron chi connectivity index (χ4n) is 2.68. The summed E-state index contributed by atoms with van der Waals surface area (Å²) in [6.45, 7) is 9.94. The molecule has 0 unspecified atom stereocenters. The third-order valence-electron chi connectivity index (χ3n) is 4.42. The van der Waals surface area contributed by atoms with Crippen molar-refractivity contribution >= 4 is 10.0 Å². The first-order valence-corrected chi connectivity index (χ1v) is 8.67. The Morgan fingerprint density at radius 3 is 1.95 bits per heavy atom. The molecule has 2 rings (SSSR count). The van der Waals surface area contributed by atoms with E-state index in [0.29, 0.717) is 4.90 Å². The van der Waals surface area contributed by atoms with Crippen LogP contribution in [0.4, 0.5) is 0 Å². The minimum absolute atomic E-state index is 0.237. The van der Waals surface area contributed by atoms with Gasteiger partial charge in [-0.05, 0) is 62.4 Å². The van der Waals surface area contributed by atoms with E-state index in [0.717, 1.165) is 33.4 Å². The van der Waals surface area contributed by atoms with Crippen LogP contribution in [-0.4, -0.2) is 18.2 Å². The van der Waals surface area contributed by atoms with Crippen LogP contribution in [0.25, 0.3) is 0 Å². The van der Waals surface area contributed by atoms with E-state index >= 15 is 0 Å². The van der Waals surface area contributed by atoms with Crippen molar-refractivity contribution in [1.82, 2.24) is 14.5 Å². The summed E-state index contributed by atoms with van der Waals surface area (Å²) in [6.07, 6.45) is 3.46. The summed E-state index contributed by atoms with van der Waals surface area (Å²) in [5, 5.41) is 4.05. The van der Waals surface area contributed by atoms with E-state index < -0.39 is 10.0 Å². The third kappa shape index (κ3) is 2.94. The predicted molar refractivity (Wildman–Crippen MR) is 87.4 cm³/mol. The number of rotatable bonds is 4. The second kappa shape index (κ2) is 5.85. The highest BCUT2D eigenvalue weighted by Crippen LogP contribution is 2.29. The zero-order chi connectivity index (χ0) is 16.7. The zero-order valence-electron chi connectivity index (χ0n) is 14.0. The molecule has 2 aromatic rings. The van der Waals surface area contributed by atoms with Crippen LogP contribution in [0.1, 0.15) is 33.4 Å². The maximum Gasteiger partial charge on any atom is 0.241 e. The van der Waals surface area contributed by atoms with Gasteiger partial charge in [0.1, 0.15) is 0 Å². The highest BCUT2D eigenvalue weighted by molar-refractivity contribution is 7.89. The number of nitrogens with zero attached hydrogens (tertiary/aromatic N) is 2. The molecule has 1 N–H and O–H groups in total. The van der Waals surface area contributed by atoms with Crippen LogP contribution in [0.5, 0.6) is 0 Å². The summed E-state index contributed by atoms with van der Waals surface area (Å²) < 4.78 is 29.8. The maximum atomic E-state index is 12.7. The fourth-order valence-corrected chi connectivity index (χ4v) is 4.30. The molecule has 0 bridgehead atoms. The van der Waals surface area contributed by atoms with Crippen LogP contribution in [0, 0.1) is 34.6 Å². The molecule has 1 heterocycles. The standard InChI is InChI=1S/C16H23N3O2S/c1-10-11(2)13(4)16(14(5)12(10)3)22(20,21)18-8-15-7-17-19(6)9-15/h7,9,18H,8H2,1-6H3. The number of hydrogen-bond donors (Lipinski definition) is 1. The van der Waals surface area contributed by atoms with Gasteiger partial charge in [0.05, 0.1) is 11.1 Å². The van der Waals surface area contributed by atoms with Crippen LogP contribution in [0.15, 0.2) is 17.3 Å². The summed E-state index contributed by atoms with van der Waals surface area (Å²) in [4.78, 5) is 0.400. The minimum atomic E-state index is -3.56. The number of sulfonamides is 1. The Morgan fingerprint density at radius 1 is 1.00 bits per heavy atom. The van der Waals surface area contributed by atoms with Crippen molar-refractivity contribution in [2.24, 2.45) is 7.05 Å². The number of nitrogens with one attached hydrogen (secondary N) is 1. The molecule has 22 heavy (non-hydrogen) atoms. The minimum Gasteiger partial charge on any atom is -0.275 e. The summed E-state index contributed by atoms with van der Waals surface area (Å²) in [6, 6.07) is 0. The highest BCUT2D eigenvalue weighted by atomic mass is 32.2. The Labute approximate surface area is 132 Å². The first-order chi connectivity index (χ1) is 10.1. The summed E-state index contributed by atoms with van der Waals surface area (Å²) in [7, 11) is -1.75. The molecule has 0 saturated heterocycles. The first kappa shape index (κ1) is 16.7. The smallest absolute Gasteiger partial charge is 0.241 e. The van der Waals surface area contributed by atoms with Crippen molar-refractivity contribution in [1.29, 1.82) is 0 Å². The van der Waals surface area contributed by atoms with Gasteiger partial charge in [-0.3, -0.25) is 4.68 Å². The second-order valence-electron chi connectivity index (χ2n) is 5.80. The highest BCUT2D eigenvalue weighted by Gasteiger charge is 2.23. The van der Waals surface area contributed by atoms with Crippen molar-refractivity contribution < 1.29 is 8.42 Å². The largest absolute Gasteiger partial charge is 0.275 e. The van der Waals surface area contributed by atoms with Gasteiger partial charge < -0.3 is 0 Å². The van der Waals surface area contributed by atoms with Crippen molar-refractivity contribution in [3.63, 3.8) is 0 Å². The van der Waals surface area contributed by atoms with Gasteiger partial charge in [-0.1, -0.05) is 0 Å². The molecule has 0 aliphatic heterocycles. The van der Waals surface area contributed by atoms with Crippen LogP contribution in [0.3, 0.4) is 0 Å². The number of hydrogen-bond acceptors (Lipinski definition) is 3. The van der Waals surface area contributed by atoms with Gasteiger partial charge in [0.2, 0.25) is 10.0 Å². The Hall–Kier alpha value is -1.66. The predicted octanol–water partition coefficient (Wildman–Crippen LogP) is 2.44. The number of aryl methyl sites for hydroxylation is 1. The lowest BCUT2D eigenvalue weighted by Crippen LogP contribution is -2.25. The Kier molecular flexibility index (Phi) is 4.44. The Bertz CT molecular complexity index is 791. The monoisotopic (exact) mass is 321 g/mol. The normalized spacial score (nSPS) is 11.9. The van der Waals surface area contributed by atoms with Crippen molar-refractivity contribution in [3.8, 4) is 0 Å². The van der Waals surface area contributed by atoms with Gasteiger partial charge in [0.25, 0.3) is 0 Å². The molecule has 0 aliphatic rings. The van der Waals surface area contributed by atoms with Crippen molar-refractivity contribution in [2.45, 2.75) is 46.1 Å². The molecular weight excluding hydrogens is 298 g/mol. The average molecular weight is 321 g/mol. The maximum absolute atomic E-state index is 12.7. The molecule has 0 spiro atoms. The van der Waals surface area contributed by atoms with Gasteiger partial charge in [-0.2, -0.15) is 5.10 Å². The Balaban J connectivity index is 2.41. The molecule has 0 aliphatic carbocycles. The molecule has 0 radical (unpaired) electrons. The quantitative estimate of drug-likeness (QED) is 0.941. The van der Waals surface area contributed by atoms with Crippen LogP contribution in [-0.2, 0) is 23.6 Å². The average Bonchev–Trinajstić information content (AvgIpc) is 2.87. The second-order valence-corrected chi connectivity index (χ2v) is 7.50. The molecular formula is C16H23N3O2S. The van der Waals surface area contributed by atoms with E-state index in [-0.39, 0.29) is 6.54 Å². The summed E-state index contributed by atoms with van der Waals surface area (Å²) >= 11 is 0. The van der Waals surface area contributed by atoms with Gasteiger partial charge in [-0.15, -0.1) is 0 Å². The summed E-state index contributed by atoms with van der Waals surface area (Å²) in [5.74, 6) is 0. The zero-order valence-corrected chi connectivity index (χ0v) is 14.8. The van der Waals surface area contributed by atoms with E-state index in [2.05, 4.69) is 9.82 Å². The van der Waals surface area contributed by atoms with Gasteiger partial charge in [0.15, 0.2) is 0 Å². The lowest BCUT2D eigenvalue weighted by molar-refractivity contribution is 0.579. The van der Waals surface area contributed by atoms with Crippen molar-refractivity contribution in [2.75, 3.05) is 0 Å². The van der Waals surface area contributed by atoms with Crippen LogP contribution in [0.2, 0.25) is 0 Å². The number of benzene rings is 1. The van der Waals surface area contributed by atoms with E-state index in [1.165, 1.54) is 0 Å². The van der Waals surface area contributed by atoms with Gasteiger partial charge >= 0.3 is 0 Å². The molecule has 0 fully saturated rings. The lowest BCUT2D eigenvalue weighted by Gasteiger charge is -2.18. The van der Waals surface area contributed by atoms with E-state index in [1.54, 1.807) is 24.1 Å². The molecule has 5 nitrogen and oxygen atoms in total. The van der Waals surface area contributed by atoms with Gasteiger partial charge in [-0.25, -0.2) is 13.1 Å². The summed E-state index contributed by atoms with van der Waals surface area (Å²) in [5.41, 5.74) is 5.69. The number of aromatic nitrogens is 2.